The Morgan fingerprint density at radius 1 is 1.25 bits per heavy atom. The second-order valence-electron chi connectivity index (χ2n) is 5.77. The molecule has 2 aromatic heterocycles. The molecule has 0 saturated heterocycles. The molecule has 7 heteroatoms. The van der Waals surface area contributed by atoms with E-state index in [-0.39, 0.29) is 17.4 Å². The lowest BCUT2D eigenvalue weighted by molar-refractivity contribution is -0.114. The molecule has 2 aliphatic carbocycles. The highest BCUT2D eigenvalue weighted by Gasteiger charge is 2.21. The summed E-state index contributed by atoms with van der Waals surface area (Å²) in [6, 6.07) is 0. The summed E-state index contributed by atoms with van der Waals surface area (Å²) >= 11 is 0. The van der Waals surface area contributed by atoms with Gasteiger partial charge in [0.05, 0.1) is 18.5 Å². The number of imidazole rings is 1. The molecule has 0 saturated carbocycles. The first kappa shape index (κ1) is 14.6. The number of methoxy groups -OCH3 is 1. The largest absolute Gasteiger partial charge is 0.493 e. The number of aromatic hydroxyl groups is 1. The zero-order chi connectivity index (χ0) is 16.7. The number of hydrogen-bond donors (Lipinski definition) is 1. The summed E-state index contributed by atoms with van der Waals surface area (Å²) in [6.07, 6.45) is 10.5. The van der Waals surface area contributed by atoms with Crippen LogP contribution >= 0.6 is 0 Å². The second-order valence-corrected chi connectivity index (χ2v) is 5.77. The number of Topliss-reactive ketones (excluding diaryl/α,β-unsaturated/α-hetero) is 1. The predicted octanol–water partition coefficient (Wildman–Crippen LogP) is 1.76. The van der Waals surface area contributed by atoms with Gasteiger partial charge in [0.15, 0.2) is 5.76 Å². The molecule has 122 valence electrons. The standard InChI is InChI=1S/C17H16N4O3/c1-24-14-8-4-5-10(15(14)22)9-13-16(23)19-17-18-11-6-2-3-7-12(11)20-21(13)17/h4-5,8-9,23H,2-3,6-7H2,1H3. The molecule has 0 amide bonds. The molecule has 0 fully saturated rings. The Morgan fingerprint density at radius 2 is 2.04 bits per heavy atom. The number of hydrogen-bond acceptors (Lipinski definition) is 6. The summed E-state index contributed by atoms with van der Waals surface area (Å²) in [6.45, 7) is 0. The van der Waals surface area contributed by atoms with E-state index in [0.29, 0.717) is 17.0 Å². The minimum atomic E-state index is -0.250. The van der Waals surface area contributed by atoms with Gasteiger partial charge in [0.1, 0.15) is 5.69 Å². The van der Waals surface area contributed by atoms with Gasteiger partial charge in [-0.15, -0.1) is 0 Å². The van der Waals surface area contributed by atoms with Crippen LogP contribution in [-0.2, 0) is 22.4 Å². The molecule has 0 spiro atoms. The molecular formula is C17H16N4O3. The van der Waals surface area contributed by atoms with Crippen LogP contribution < -0.4 is 0 Å². The zero-order valence-electron chi connectivity index (χ0n) is 13.2. The fourth-order valence-corrected chi connectivity index (χ4v) is 3.00. The summed E-state index contributed by atoms with van der Waals surface area (Å²) in [7, 11) is 1.45. The molecule has 0 radical (unpaired) electrons. The smallest absolute Gasteiger partial charge is 0.254 e. The van der Waals surface area contributed by atoms with E-state index in [2.05, 4.69) is 15.1 Å². The van der Waals surface area contributed by atoms with E-state index in [1.54, 1.807) is 24.3 Å². The maximum Gasteiger partial charge on any atom is 0.254 e. The first-order chi connectivity index (χ1) is 11.7. The topological polar surface area (TPSA) is 89.6 Å². The first-order valence-corrected chi connectivity index (χ1v) is 7.83. The monoisotopic (exact) mass is 324 g/mol. The summed E-state index contributed by atoms with van der Waals surface area (Å²) in [4.78, 5) is 20.9. The van der Waals surface area contributed by atoms with Crippen LogP contribution in [0.2, 0.25) is 0 Å². The first-order valence-electron chi connectivity index (χ1n) is 7.83. The molecule has 2 aromatic rings. The molecule has 4 rings (SSSR count). The minimum absolute atomic E-state index is 0.195. The molecule has 0 unspecified atom stereocenters. The number of carbonyl (C=O) groups is 1. The lowest BCUT2D eigenvalue weighted by atomic mass is 10.0. The van der Waals surface area contributed by atoms with Crippen molar-refractivity contribution in [3.05, 3.63) is 46.6 Å². The highest BCUT2D eigenvalue weighted by atomic mass is 16.5. The van der Waals surface area contributed by atoms with E-state index in [1.807, 2.05) is 0 Å². The average Bonchev–Trinajstić information content (AvgIpc) is 2.89. The molecule has 0 aliphatic heterocycles. The van der Waals surface area contributed by atoms with Crippen molar-refractivity contribution in [2.75, 3.05) is 7.11 Å². The highest BCUT2D eigenvalue weighted by Crippen LogP contribution is 2.25. The lowest BCUT2D eigenvalue weighted by Crippen LogP contribution is -2.13. The number of fused-ring (bicyclic) bond motifs is 2. The normalized spacial score (nSPS) is 18.8. The number of allylic oxidation sites excluding steroid dienone is 4. The summed E-state index contributed by atoms with van der Waals surface area (Å²) in [5, 5.41) is 14.8. The summed E-state index contributed by atoms with van der Waals surface area (Å²) < 4.78 is 6.55. The molecule has 7 nitrogen and oxygen atoms in total. The van der Waals surface area contributed by atoms with Gasteiger partial charge in [0.2, 0.25) is 11.7 Å². The third-order valence-electron chi connectivity index (χ3n) is 4.24. The molecule has 0 bridgehead atoms. The summed E-state index contributed by atoms with van der Waals surface area (Å²) in [5.74, 6) is 0.148. The van der Waals surface area contributed by atoms with Crippen LogP contribution in [0.25, 0.3) is 11.9 Å². The number of carbonyl (C=O) groups excluding carboxylic acids is 1. The van der Waals surface area contributed by atoms with Gasteiger partial charge in [0, 0.05) is 5.57 Å². The van der Waals surface area contributed by atoms with Gasteiger partial charge in [-0.25, -0.2) is 4.98 Å². The number of aromatic nitrogens is 4. The molecule has 24 heavy (non-hydrogen) atoms. The lowest BCUT2D eigenvalue weighted by Gasteiger charge is -2.13. The van der Waals surface area contributed by atoms with Crippen molar-refractivity contribution >= 4 is 17.6 Å². The SMILES string of the molecule is COC1=CC=CC(=Cc2c(O)nc3nc4c(nn23)CCCC4)C1=O. The number of nitrogens with zero attached hydrogens (tertiary/aromatic N) is 4. The number of rotatable bonds is 2. The van der Waals surface area contributed by atoms with Crippen molar-refractivity contribution in [3.63, 3.8) is 0 Å². The van der Waals surface area contributed by atoms with Crippen LogP contribution in [0.4, 0.5) is 0 Å². The van der Waals surface area contributed by atoms with Gasteiger partial charge in [-0.05, 0) is 37.8 Å². The van der Waals surface area contributed by atoms with Crippen LogP contribution in [0, 0.1) is 0 Å². The fraction of sp³-hybridized carbons (Fsp3) is 0.294. The molecule has 0 aromatic carbocycles. The van der Waals surface area contributed by atoms with E-state index in [4.69, 9.17) is 4.74 Å². The van der Waals surface area contributed by atoms with Gasteiger partial charge in [-0.2, -0.15) is 14.6 Å². The Labute approximate surface area is 138 Å². The van der Waals surface area contributed by atoms with Crippen LogP contribution in [-0.4, -0.2) is 37.6 Å². The Balaban J connectivity index is 1.84. The maximum atomic E-state index is 12.3. The number of ether oxygens (including phenoxy) is 1. The third kappa shape index (κ3) is 2.29. The fourth-order valence-electron chi connectivity index (χ4n) is 3.00. The van der Waals surface area contributed by atoms with E-state index in [1.165, 1.54) is 11.6 Å². The van der Waals surface area contributed by atoms with Crippen LogP contribution in [0.5, 0.6) is 5.88 Å². The third-order valence-corrected chi connectivity index (χ3v) is 4.24. The zero-order valence-corrected chi connectivity index (χ0v) is 13.2. The Morgan fingerprint density at radius 3 is 2.83 bits per heavy atom. The van der Waals surface area contributed by atoms with Gasteiger partial charge in [0.25, 0.3) is 5.78 Å². The Kier molecular flexibility index (Phi) is 3.41. The molecule has 2 aliphatic rings. The van der Waals surface area contributed by atoms with Crippen LogP contribution in [0.1, 0.15) is 29.9 Å². The van der Waals surface area contributed by atoms with E-state index >= 15 is 0 Å². The van der Waals surface area contributed by atoms with Crippen molar-refractivity contribution < 1.29 is 14.6 Å². The van der Waals surface area contributed by atoms with Crippen molar-refractivity contribution in [2.45, 2.75) is 25.7 Å². The Bertz CT molecular complexity index is 937. The molecule has 1 N–H and O–H groups in total. The van der Waals surface area contributed by atoms with E-state index < -0.39 is 0 Å². The highest BCUT2D eigenvalue weighted by molar-refractivity contribution is 6.12. The van der Waals surface area contributed by atoms with Crippen molar-refractivity contribution in [1.29, 1.82) is 0 Å². The minimum Gasteiger partial charge on any atom is -0.493 e. The van der Waals surface area contributed by atoms with Crippen LogP contribution in [0.15, 0.2) is 29.6 Å². The summed E-state index contributed by atoms with van der Waals surface area (Å²) in [5.41, 5.74) is 2.60. The quantitative estimate of drug-likeness (QED) is 0.847. The van der Waals surface area contributed by atoms with Crippen LogP contribution in [0.3, 0.4) is 0 Å². The van der Waals surface area contributed by atoms with E-state index in [0.717, 1.165) is 37.1 Å². The van der Waals surface area contributed by atoms with E-state index in [9.17, 15) is 9.90 Å². The van der Waals surface area contributed by atoms with Gasteiger partial charge >= 0.3 is 0 Å². The second kappa shape index (κ2) is 5.59. The van der Waals surface area contributed by atoms with Gasteiger partial charge in [-0.3, -0.25) is 4.79 Å². The van der Waals surface area contributed by atoms with Crippen molar-refractivity contribution in [2.24, 2.45) is 0 Å². The maximum absolute atomic E-state index is 12.3. The molecular weight excluding hydrogens is 308 g/mol. The Hall–Kier alpha value is -2.96. The average molecular weight is 324 g/mol. The number of aryl methyl sites for hydroxylation is 2. The van der Waals surface area contributed by atoms with Gasteiger partial charge in [-0.1, -0.05) is 12.2 Å². The molecule has 2 heterocycles. The predicted molar refractivity (Wildman–Crippen MR) is 86.3 cm³/mol. The number of ketones is 1. The van der Waals surface area contributed by atoms with Gasteiger partial charge < -0.3 is 9.84 Å². The van der Waals surface area contributed by atoms with Crippen molar-refractivity contribution in [3.8, 4) is 5.88 Å². The molecule has 0 atom stereocenters. The van der Waals surface area contributed by atoms with Crippen molar-refractivity contribution in [1.82, 2.24) is 19.6 Å².